The van der Waals surface area contributed by atoms with Crippen LogP contribution in [0.5, 0.6) is 5.75 Å². The van der Waals surface area contributed by atoms with Crippen LogP contribution in [-0.4, -0.2) is 39.3 Å². The number of sulfonamides is 1. The third kappa shape index (κ3) is 5.06. The van der Waals surface area contributed by atoms with Crippen molar-refractivity contribution in [3.63, 3.8) is 0 Å². The summed E-state index contributed by atoms with van der Waals surface area (Å²) in [6.07, 6.45) is 0. The second-order valence-electron chi connectivity index (χ2n) is 5.78. The van der Waals surface area contributed by atoms with Gasteiger partial charge in [-0.2, -0.15) is 4.31 Å². The molecule has 2 rings (SSSR count). The molecule has 1 amide bonds. The number of carbonyl (C=O) groups excluding carboxylic acids is 1. The Kier molecular flexibility index (Phi) is 6.80. The third-order valence-corrected chi connectivity index (χ3v) is 6.17. The fourth-order valence-electron chi connectivity index (χ4n) is 2.36. The van der Waals surface area contributed by atoms with E-state index < -0.39 is 10.0 Å². The summed E-state index contributed by atoms with van der Waals surface area (Å²) < 4.78 is 32.1. The number of carbonyl (C=O) groups is 1. The molecule has 0 radical (unpaired) electrons. The van der Waals surface area contributed by atoms with Gasteiger partial charge in [-0.05, 0) is 48.9 Å². The van der Waals surface area contributed by atoms with Gasteiger partial charge < -0.3 is 10.1 Å². The van der Waals surface area contributed by atoms with Gasteiger partial charge in [0.2, 0.25) is 15.9 Å². The molecule has 0 aromatic heterocycles. The van der Waals surface area contributed by atoms with Crippen molar-refractivity contribution in [3.05, 3.63) is 58.6 Å². The first-order chi connectivity index (χ1) is 12.2. The highest BCUT2D eigenvalue weighted by molar-refractivity contribution is 9.10. The summed E-state index contributed by atoms with van der Waals surface area (Å²) in [7, 11) is -0.872. The minimum Gasteiger partial charge on any atom is -0.497 e. The van der Waals surface area contributed by atoms with E-state index in [-0.39, 0.29) is 23.4 Å². The summed E-state index contributed by atoms with van der Waals surface area (Å²) in [6, 6.07) is 13.4. The van der Waals surface area contributed by atoms with Gasteiger partial charge in [0, 0.05) is 11.5 Å². The first kappa shape index (κ1) is 20.4. The molecule has 0 aliphatic carbocycles. The molecule has 0 heterocycles. The van der Waals surface area contributed by atoms with E-state index in [1.165, 1.54) is 26.3 Å². The van der Waals surface area contributed by atoms with E-state index in [9.17, 15) is 13.2 Å². The Bertz CT molecular complexity index is 869. The van der Waals surface area contributed by atoms with Crippen molar-refractivity contribution in [2.45, 2.75) is 17.9 Å². The predicted molar refractivity (Wildman–Crippen MR) is 104 cm³/mol. The number of ether oxygens (including phenoxy) is 1. The molecule has 0 saturated heterocycles. The van der Waals surface area contributed by atoms with Crippen LogP contribution in [0.4, 0.5) is 0 Å². The standard InChI is InChI=1S/C18H21BrN2O4S/c1-13(14-5-4-6-15(19)11-14)20-18(22)12-21(2)26(23,24)17-9-7-16(25-3)8-10-17/h4-11,13H,12H2,1-3H3,(H,20,22). The van der Waals surface area contributed by atoms with E-state index in [0.29, 0.717) is 5.75 Å². The van der Waals surface area contributed by atoms with Crippen molar-refractivity contribution in [2.24, 2.45) is 0 Å². The van der Waals surface area contributed by atoms with Crippen molar-refractivity contribution >= 4 is 31.9 Å². The van der Waals surface area contributed by atoms with Crippen LogP contribution in [0.15, 0.2) is 57.9 Å². The summed E-state index contributed by atoms with van der Waals surface area (Å²) in [5, 5.41) is 2.81. The second kappa shape index (κ2) is 8.66. The normalized spacial score (nSPS) is 12.7. The minimum atomic E-state index is -3.76. The monoisotopic (exact) mass is 440 g/mol. The van der Waals surface area contributed by atoms with Gasteiger partial charge in [0.25, 0.3) is 0 Å². The number of likely N-dealkylation sites (N-methyl/N-ethyl adjacent to an activating group) is 1. The Hall–Kier alpha value is -1.90. The molecule has 140 valence electrons. The zero-order chi connectivity index (χ0) is 19.3. The molecule has 0 saturated carbocycles. The molecule has 2 aromatic carbocycles. The van der Waals surface area contributed by atoms with Gasteiger partial charge in [-0.25, -0.2) is 8.42 Å². The number of halogens is 1. The van der Waals surface area contributed by atoms with E-state index in [1.54, 1.807) is 12.1 Å². The maximum absolute atomic E-state index is 12.6. The molecule has 1 unspecified atom stereocenters. The molecular weight excluding hydrogens is 420 g/mol. The lowest BCUT2D eigenvalue weighted by atomic mass is 10.1. The summed E-state index contributed by atoms with van der Waals surface area (Å²) in [5.74, 6) is 0.184. The highest BCUT2D eigenvalue weighted by Gasteiger charge is 2.23. The van der Waals surface area contributed by atoms with E-state index >= 15 is 0 Å². The quantitative estimate of drug-likeness (QED) is 0.717. The van der Waals surface area contributed by atoms with Crippen LogP contribution in [-0.2, 0) is 14.8 Å². The van der Waals surface area contributed by atoms with Gasteiger partial charge in [0.05, 0.1) is 24.6 Å². The number of hydrogen-bond acceptors (Lipinski definition) is 4. The van der Waals surface area contributed by atoms with Gasteiger partial charge in [0.1, 0.15) is 5.75 Å². The Morgan fingerprint density at radius 1 is 1.23 bits per heavy atom. The van der Waals surface area contributed by atoms with Gasteiger partial charge in [-0.3, -0.25) is 4.79 Å². The maximum Gasteiger partial charge on any atom is 0.243 e. The molecule has 0 aliphatic heterocycles. The van der Waals surface area contributed by atoms with E-state index in [4.69, 9.17) is 4.74 Å². The first-order valence-corrected chi connectivity index (χ1v) is 10.1. The lowest BCUT2D eigenvalue weighted by molar-refractivity contribution is -0.121. The average Bonchev–Trinajstić information content (AvgIpc) is 2.61. The second-order valence-corrected chi connectivity index (χ2v) is 8.74. The first-order valence-electron chi connectivity index (χ1n) is 7.89. The summed E-state index contributed by atoms with van der Waals surface area (Å²) in [5.41, 5.74) is 0.924. The van der Waals surface area contributed by atoms with Crippen molar-refractivity contribution in [1.82, 2.24) is 9.62 Å². The van der Waals surface area contributed by atoms with Crippen LogP contribution in [0.2, 0.25) is 0 Å². The van der Waals surface area contributed by atoms with E-state index in [1.807, 2.05) is 31.2 Å². The van der Waals surface area contributed by atoms with Gasteiger partial charge >= 0.3 is 0 Å². The summed E-state index contributed by atoms with van der Waals surface area (Å²) in [6.45, 7) is 1.57. The number of rotatable bonds is 7. The molecule has 8 heteroatoms. The molecular formula is C18H21BrN2O4S. The molecule has 1 N–H and O–H groups in total. The van der Waals surface area contributed by atoms with Crippen LogP contribution in [0.25, 0.3) is 0 Å². The minimum absolute atomic E-state index is 0.105. The molecule has 0 bridgehead atoms. The molecule has 6 nitrogen and oxygen atoms in total. The molecule has 2 aromatic rings. The number of methoxy groups -OCH3 is 1. The third-order valence-electron chi connectivity index (χ3n) is 3.86. The van der Waals surface area contributed by atoms with Crippen LogP contribution in [0, 0.1) is 0 Å². The SMILES string of the molecule is COc1ccc(S(=O)(=O)N(C)CC(=O)NC(C)c2cccc(Br)c2)cc1. The van der Waals surface area contributed by atoms with Crippen molar-refractivity contribution in [1.29, 1.82) is 0 Å². The molecule has 1 atom stereocenters. The van der Waals surface area contributed by atoms with Crippen LogP contribution in [0.1, 0.15) is 18.5 Å². The number of amides is 1. The summed E-state index contributed by atoms with van der Waals surface area (Å²) in [4.78, 5) is 12.4. The molecule has 0 spiro atoms. The molecule has 0 aliphatic rings. The number of nitrogens with zero attached hydrogens (tertiary/aromatic N) is 1. The zero-order valence-corrected chi connectivity index (χ0v) is 17.2. The van der Waals surface area contributed by atoms with E-state index in [0.717, 1.165) is 14.3 Å². The molecule has 0 fully saturated rings. The average molecular weight is 441 g/mol. The Morgan fingerprint density at radius 3 is 2.46 bits per heavy atom. The van der Waals surface area contributed by atoms with Crippen molar-refractivity contribution in [3.8, 4) is 5.75 Å². The number of nitrogens with one attached hydrogen (secondary N) is 1. The Labute approximate surface area is 162 Å². The Balaban J connectivity index is 2.03. The van der Waals surface area contributed by atoms with Gasteiger partial charge in [-0.1, -0.05) is 28.1 Å². The lowest BCUT2D eigenvalue weighted by Crippen LogP contribution is -2.39. The fraction of sp³-hybridized carbons (Fsp3) is 0.278. The predicted octanol–water partition coefficient (Wildman–Crippen LogP) is 2.96. The largest absolute Gasteiger partial charge is 0.497 e. The highest BCUT2D eigenvalue weighted by Crippen LogP contribution is 2.19. The highest BCUT2D eigenvalue weighted by atomic mass is 79.9. The van der Waals surface area contributed by atoms with E-state index in [2.05, 4.69) is 21.2 Å². The van der Waals surface area contributed by atoms with Crippen LogP contribution >= 0.6 is 15.9 Å². The van der Waals surface area contributed by atoms with Crippen LogP contribution in [0.3, 0.4) is 0 Å². The number of hydrogen-bond donors (Lipinski definition) is 1. The maximum atomic E-state index is 12.6. The Morgan fingerprint density at radius 2 is 1.88 bits per heavy atom. The van der Waals surface area contributed by atoms with Crippen LogP contribution < -0.4 is 10.1 Å². The smallest absolute Gasteiger partial charge is 0.243 e. The van der Waals surface area contributed by atoms with Crippen molar-refractivity contribution < 1.29 is 17.9 Å². The topological polar surface area (TPSA) is 75.7 Å². The fourth-order valence-corrected chi connectivity index (χ4v) is 3.91. The van der Waals surface area contributed by atoms with Gasteiger partial charge in [-0.15, -0.1) is 0 Å². The zero-order valence-electron chi connectivity index (χ0n) is 14.8. The summed E-state index contributed by atoms with van der Waals surface area (Å²) >= 11 is 3.39. The van der Waals surface area contributed by atoms with Gasteiger partial charge in [0.15, 0.2) is 0 Å². The number of benzene rings is 2. The molecule has 26 heavy (non-hydrogen) atoms. The van der Waals surface area contributed by atoms with Crippen molar-refractivity contribution in [2.75, 3.05) is 20.7 Å². The lowest BCUT2D eigenvalue weighted by Gasteiger charge is -2.19.